The predicted octanol–water partition coefficient (Wildman–Crippen LogP) is 4.52. The minimum Gasteiger partial charge on any atom is -0.451 e. The summed E-state index contributed by atoms with van der Waals surface area (Å²) in [6.45, 7) is 3.80. The van der Waals surface area contributed by atoms with E-state index in [1.807, 2.05) is 56.3 Å². The van der Waals surface area contributed by atoms with Gasteiger partial charge in [0, 0.05) is 17.6 Å². The fourth-order valence-electron chi connectivity index (χ4n) is 3.63. The van der Waals surface area contributed by atoms with Crippen molar-refractivity contribution in [2.75, 3.05) is 11.9 Å². The number of anilines is 1. The highest BCUT2D eigenvalue weighted by Crippen LogP contribution is 2.21. The Morgan fingerprint density at radius 2 is 1.50 bits per heavy atom. The van der Waals surface area contributed by atoms with Crippen molar-refractivity contribution in [2.24, 2.45) is 5.92 Å². The SMILES string of the molecule is CC(C)Cn1nc(C(=O)OCC(=O)Nc2ccc(-c3ccccc3)cc2)c2ccccc2c1=O. The van der Waals surface area contributed by atoms with Gasteiger partial charge < -0.3 is 10.1 Å². The van der Waals surface area contributed by atoms with Crippen LogP contribution in [0, 0.1) is 5.92 Å². The second-order valence-corrected chi connectivity index (χ2v) is 8.34. The molecular weight excluding hydrogens is 430 g/mol. The maximum absolute atomic E-state index is 12.8. The van der Waals surface area contributed by atoms with Gasteiger partial charge in [0.15, 0.2) is 12.3 Å². The zero-order chi connectivity index (χ0) is 24.1. The highest BCUT2D eigenvalue weighted by molar-refractivity contribution is 6.03. The lowest BCUT2D eigenvalue weighted by Crippen LogP contribution is -2.29. The number of esters is 1. The smallest absolute Gasteiger partial charge is 0.359 e. The van der Waals surface area contributed by atoms with Gasteiger partial charge >= 0.3 is 5.97 Å². The molecule has 0 radical (unpaired) electrons. The standard InChI is InChI=1S/C27H25N3O4/c1-18(2)16-30-26(32)23-11-7-6-10-22(23)25(29-30)27(33)34-17-24(31)28-21-14-12-20(13-15-21)19-8-4-3-5-9-19/h3-15,18H,16-17H2,1-2H3,(H,28,31). The third-order valence-electron chi connectivity index (χ3n) is 5.21. The number of hydrogen-bond donors (Lipinski definition) is 1. The highest BCUT2D eigenvalue weighted by Gasteiger charge is 2.19. The van der Waals surface area contributed by atoms with Gasteiger partial charge in [0.05, 0.1) is 5.39 Å². The van der Waals surface area contributed by atoms with Crippen LogP contribution in [0.15, 0.2) is 83.7 Å². The zero-order valence-electron chi connectivity index (χ0n) is 19.0. The van der Waals surface area contributed by atoms with Gasteiger partial charge in [-0.05, 0) is 35.2 Å². The molecule has 4 aromatic rings. The molecule has 3 aromatic carbocycles. The van der Waals surface area contributed by atoms with Gasteiger partial charge in [-0.1, -0.05) is 74.5 Å². The maximum Gasteiger partial charge on any atom is 0.359 e. The molecule has 7 nitrogen and oxygen atoms in total. The fraction of sp³-hybridized carbons (Fsp3) is 0.185. The number of carbonyl (C=O) groups is 2. The van der Waals surface area contributed by atoms with Crippen LogP contribution in [-0.2, 0) is 16.1 Å². The van der Waals surface area contributed by atoms with E-state index in [0.717, 1.165) is 11.1 Å². The van der Waals surface area contributed by atoms with Crippen molar-refractivity contribution in [2.45, 2.75) is 20.4 Å². The first kappa shape index (κ1) is 22.9. The van der Waals surface area contributed by atoms with Gasteiger partial charge in [-0.3, -0.25) is 9.59 Å². The lowest BCUT2D eigenvalue weighted by atomic mass is 10.1. The minimum absolute atomic E-state index is 0.0101. The third kappa shape index (κ3) is 5.20. The van der Waals surface area contributed by atoms with Crippen molar-refractivity contribution in [1.82, 2.24) is 9.78 Å². The number of nitrogens with zero attached hydrogens (tertiary/aromatic N) is 2. The number of carbonyl (C=O) groups excluding carboxylic acids is 2. The number of rotatable bonds is 7. The number of ether oxygens (including phenoxy) is 1. The zero-order valence-corrected chi connectivity index (χ0v) is 19.0. The molecule has 172 valence electrons. The first-order chi connectivity index (χ1) is 16.4. The lowest BCUT2D eigenvalue weighted by Gasteiger charge is -2.12. The third-order valence-corrected chi connectivity index (χ3v) is 5.21. The molecule has 1 amide bonds. The van der Waals surface area contributed by atoms with Crippen LogP contribution in [-0.4, -0.2) is 28.3 Å². The molecule has 0 fully saturated rings. The Balaban J connectivity index is 1.45. The van der Waals surface area contributed by atoms with E-state index in [1.165, 1.54) is 4.68 Å². The van der Waals surface area contributed by atoms with E-state index in [2.05, 4.69) is 10.4 Å². The molecule has 34 heavy (non-hydrogen) atoms. The van der Waals surface area contributed by atoms with Gasteiger partial charge in [0.25, 0.3) is 11.5 Å². The number of hydrogen-bond acceptors (Lipinski definition) is 5. The van der Waals surface area contributed by atoms with Crippen molar-refractivity contribution < 1.29 is 14.3 Å². The van der Waals surface area contributed by atoms with E-state index >= 15 is 0 Å². The summed E-state index contributed by atoms with van der Waals surface area (Å²) < 4.78 is 6.51. The summed E-state index contributed by atoms with van der Waals surface area (Å²) in [7, 11) is 0. The van der Waals surface area contributed by atoms with E-state index in [1.54, 1.807) is 36.4 Å². The Bertz CT molecular complexity index is 1380. The fourth-order valence-corrected chi connectivity index (χ4v) is 3.63. The molecule has 1 heterocycles. The van der Waals surface area contributed by atoms with Gasteiger partial charge in [-0.25, -0.2) is 9.48 Å². The molecule has 0 unspecified atom stereocenters. The Morgan fingerprint density at radius 3 is 2.18 bits per heavy atom. The van der Waals surface area contributed by atoms with Crippen LogP contribution in [0.4, 0.5) is 5.69 Å². The van der Waals surface area contributed by atoms with Crippen molar-refractivity contribution in [3.8, 4) is 11.1 Å². The molecule has 0 aliphatic rings. The molecule has 0 bridgehead atoms. The molecule has 1 N–H and O–H groups in total. The molecule has 0 saturated heterocycles. The summed E-state index contributed by atoms with van der Waals surface area (Å²) in [5, 5.41) is 7.74. The average Bonchev–Trinajstić information content (AvgIpc) is 2.85. The molecule has 7 heteroatoms. The number of aromatic nitrogens is 2. The van der Waals surface area contributed by atoms with E-state index in [4.69, 9.17) is 4.74 Å². The van der Waals surface area contributed by atoms with Crippen molar-refractivity contribution >= 4 is 28.3 Å². The first-order valence-electron chi connectivity index (χ1n) is 11.0. The van der Waals surface area contributed by atoms with Crippen LogP contribution in [0.1, 0.15) is 24.3 Å². The largest absolute Gasteiger partial charge is 0.451 e. The predicted molar refractivity (Wildman–Crippen MR) is 132 cm³/mol. The molecule has 4 rings (SSSR count). The summed E-state index contributed by atoms with van der Waals surface area (Å²) in [5.74, 6) is -1.07. The van der Waals surface area contributed by atoms with Crippen LogP contribution in [0.5, 0.6) is 0 Å². The molecule has 0 aliphatic heterocycles. The second kappa shape index (κ2) is 10.1. The molecule has 0 aliphatic carbocycles. The van der Waals surface area contributed by atoms with Gasteiger partial charge in [0.2, 0.25) is 0 Å². The molecule has 0 atom stereocenters. The van der Waals surface area contributed by atoms with Crippen LogP contribution in [0.25, 0.3) is 21.9 Å². The minimum atomic E-state index is -0.761. The number of benzene rings is 3. The quantitative estimate of drug-likeness (QED) is 0.414. The number of fused-ring (bicyclic) bond motifs is 1. The molecule has 1 aromatic heterocycles. The summed E-state index contributed by atoms with van der Waals surface area (Å²) in [5.41, 5.74) is 2.44. The van der Waals surface area contributed by atoms with Crippen molar-refractivity contribution in [3.05, 3.63) is 94.9 Å². The highest BCUT2D eigenvalue weighted by atomic mass is 16.5. The maximum atomic E-state index is 12.8. The van der Waals surface area contributed by atoms with Gasteiger partial charge in [-0.2, -0.15) is 5.10 Å². The van der Waals surface area contributed by atoms with Gasteiger partial charge in [0.1, 0.15) is 0 Å². The summed E-state index contributed by atoms with van der Waals surface area (Å²) in [4.78, 5) is 37.9. The van der Waals surface area contributed by atoms with Crippen molar-refractivity contribution in [3.63, 3.8) is 0 Å². The molecular formula is C27H25N3O4. The molecule has 0 saturated carbocycles. The van der Waals surface area contributed by atoms with Crippen LogP contribution in [0.2, 0.25) is 0 Å². The first-order valence-corrected chi connectivity index (χ1v) is 11.0. The molecule has 0 spiro atoms. The topological polar surface area (TPSA) is 90.3 Å². The van der Waals surface area contributed by atoms with Crippen LogP contribution < -0.4 is 10.9 Å². The Labute approximate surface area is 197 Å². The van der Waals surface area contributed by atoms with E-state index in [9.17, 15) is 14.4 Å². The van der Waals surface area contributed by atoms with Crippen molar-refractivity contribution in [1.29, 1.82) is 0 Å². The van der Waals surface area contributed by atoms with E-state index in [-0.39, 0.29) is 17.2 Å². The Kier molecular flexibility index (Phi) is 6.82. The Morgan fingerprint density at radius 1 is 0.882 bits per heavy atom. The number of nitrogens with one attached hydrogen (secondary N) is 1. The summed E-state index contributed by atoms with van der Waals surface area (Å²) in [6, 6.07) is 24.0. The van der Waals surface area contributed by atoms with Crippen LogP contribution in [0.3, 0.4) is 0 Å². The number of amides is 1. The summed E-state index contributed by atoms with van der Waals surface area (Å²) in [6.07, 6.45) is 0. The average molecular weight is 456 g/mol. The summed E-state index contributed by atoms with van der Waals surface area (Å²) >= 11 is 0. The lowest BCUT2D eigenvalue weighted by molar-refractivity contribution is -0.119. The van der Waals surface area contributed by atoms with E-state index in [0.29, 0.717) is 23.0 Å². The Hall–Kier alpha value is -4.26. The monoisotopic (exact) mass is 455 g/mol. The normalized spacial score (nSPS) is 10.9. The van der Waals surface area contributed by atoms with Gasteiger partial charge in [-0.15, -0.1) is 0 Å². The second-order valence-electron chi connectivity index (χ2n) is 8.34. The van der Waals surface area contributed by atoms with Crippen LogP contribution >= 0.6 is 0 Å². The van der Waals surface area contributed by atoms with E-state index < -0.39 is 18.5 Å².